The Morgan fingerprint density at radius 3 is 2.48 bits per heavy atom. The van der Waals surface area contributed by atoms with Crippen LogP contribution in [0.4, 0.5) is 5.69 Å². The number of nitrogens with one attached hydrogen (secondary N) is 2. The lowest BCUT2D eigenvalue weighted by Gasteiger charge is -2.15. The number of aliphatic imine (C=N–C) groups is 1. The molecule has 0 aliphatic heterocycles. The van der Waals surface area contributed by atoms with Crippen molar-refractivity contribution >= 4 is 35.6 Å². The van der Waals surface area contributed by atoms with Crippen LogP contribution in [0.2, 0.25) is 0 Å². The van der Waals surface area contributed by atoms with Gasteiger partial charge in [0.1, 0.15) is 12.4 Å². The molecule has 2 aromatic rings. The molecule has 2 rings (SSSR count). The van der Waals surface area contributed by atoms with Gasteiger partial charge in [-0.15, -0.1) is 24.0 Å². The molecule has 0 unspecified atom stereocenters. The van der Waals surface area contributed by atoms with Crippen LogP contribution < -0.4 is 24.8 Å². The molecule has 2 N–H and O–H groups in total. The number of benzene rings is 2. The molecule has 6 nitrogen and oxygen atoms in total. The summed E-state index contributed by atoms with van der Waals surface area (Å²) in [5.74, 6) is 2.95. The number of hydrogen-bond acceptors (Lipinski definition) is 4. The smallest absolute Gasteiger partial charge is 0.195 e. The molecule has 27 heavy (non-hydrogen) atoms. The fourth-order valence-electron chi connectivity index (χ4n) is 2.39. The number of nitrogens with zero attached hydrogens (tertiary/aromatic N) is 1. The van der Waals surface area contributed by atoms with Gasteiger partial charge in [-0.3, -0.25) is 4.99 Å². The van der Waals surface area contributed by atoms with Crippen LogP contribution in [0, 0.1) is 6.92 Å². The van der Waals surface area contributed by atoms with Gasteiger partial charge in [0.05, 0.1) is 20.3 Å². The summed E-state index contributed by atoms with van der Waals surface area (Å²) in [5.41, 5.74) is 1.99. The summed E-state index contributed by atoms with van der Waals surface area (Å²) in [7, 11) is 3.35. The molecule has 0 spiro atoms. The largest absolute Gasteiger partial charge is 0.493 e. The molecular formula is C20H28IN3O3. The van der Waals surface area contributed by atoms with Crippen LogP contribution >= 0.6 is 24.0 Å². The zero-order chi connectivity index (χ0) is 18.8. The van der Waals surface area contributed by atoms with Gasteiger partial charge in [-0.1, -0.05) is 18.2 Å². The molecule has 0 aliphatic carbocycles. The lowest BCUT2D eigenvalue weighted by Crippen LogP contribution is -2.33. The van der Waals surface area contributed by atoms with Crippen molar-refractivity contribution < 1.29 is 14.2 Å². The number of anilines is 1. The topological polar surface area (TPSA) is 64.1 Å². The molecule has 0 radical (unpaired) electrons. The van der Waals surface area contributed by atoms with E-state index in [0.29, 0.717) is 37.2 Å². The van der Waals surface area contributed by atoms with E-state index in [1.54, 1.807) is 14.2 Å². The molecule has 0 aromatic heterocycles. The summed E-state index contributed by atoms with van der Waals surface area (Å²) in [4.78, 5) is 4.23. The number of rotatable bonds is 8. The average molecular weight is 485 g/mol. The molecule has 0 saturated carbocycles. The Bertz CT molecular complexity index is 738. The summed E-state index contributed by atoms with van der Waals surface area (Å²) in [5, 5.41) is 6.47. The van der Waals surface area contributed by atoms with E-state index >= 15 is 0 Å². The Kier molecular flexibility index (Phi) is 10.4. The Morgan fingerprint density at radius 2 is 1.81 bits per heavy atom. The first-order chi connectivity index (χ1) is 12.7. The molecule has 0 heterocycles. The van der Waals surface area contributed by atoms with Gasteiger partial charge in [0.25, 0.3) is 0 Å². The fourth-order valence-corrected chi connectivity index (χ4v) is 2.39. The van der Waals surface area contributed by atoms with Crippen molar-refractivity contribution in [1.82, 2.24) is 5.32 Å². The van der Waals surface area contributed by atoms with Gasteiger partial charge in [-0.05, 0) is 37.6 Å². The van der Waals surface area contributed by atoms with E-state index in [4.69, 9.17) is 14.2 Å². The first-order valence-corrected chi connectivity index (χ1v) is 8.64. The van der Waals surface area contributed by atoms with Crippen molar-refractivity contribution in [3.63, 3.8) is 0 Å². The number of para-hydroxylation sites is 1. The molecule has 0 bridgehead atoms. The third kappa shape index (κ3) is 7.16. The van der Waals surface area contributed by atoms with Crippen molar-refractivity contribution in [2.75, 3.05) is 39.2 Å². The van der Waals surface area contributed by atoms with Crippen molar-refractivity contribution in [3.8, 4) is 17.2 Å². The van der Waals surface area contributed by atoms with Crippen molar-refractivity contribution in [2.45, 2.75) is 13.8 Å². The minimum absolute atomic E-state index is 0. The van der Waals surface area contributed by atoms with Gasteiger partial charge >= 0.3 is 0 Å². The number of halogens is 1. The molecule has 0 atom stereocenters. The van der Waals surface area contributed by atoms with E-state index in [2.05, 4.69) is 15.6 Å². The van der Waals surface area contributed by atoms with E-state index in [1.807, 2.05) is 56.3 Å². The Labute approximate surface area is 178 Å². The maximum Gasteiger partial charge on any atom is 0.195 e. The van der Waals surface area contributed by atoms with Crippen LogP contribution in [0.3, 0.4) is 0 Å². The lowest BCUT2D eigenvalue weighted by atomic mass is 10.2. The number of aryl methyl sites for hydroxylation is 1. The Hall–Kier alpha value is -2.16. The number of hydrogen-bond donors (Lipinski definition) is 2. The SMILES string of the molecule is CCOc1cc(NC(=NC)NCCOc2ccccc2C)ccc1OC.I. The lowest BCUT2D eigenvalue weighted by molar-refractivity contribution is 0.311. The normalized spacial score (nSPS) is 10.6. The average Bonchev–Trinajstić information content (AvgIpc) is 2.66. The van der Waals surface area contributed by atoms with Gasteiger partial charge in [-0.2, -0.15) is 0 Å². The molecule has 0 fully saturated rings. The standard InChI is InChI=1S/C20H27N3O3.HI/c1-5-25-19-14-16(10-11-18(19)24-4)23-20(21-3)22-12-13-26-17-9-7-6-8-15(17)2;/h6-11,14H,5,12-13H2,1-4H3,(H2,21,22,23);1H. The maximum absolute atomic E-state index is 5.78. The van der Waals surface area contributed by atoms with Crippen molar-refractivity contribution in [1.29, 1.82) is 0 Å². The van der Waals surface area contributed by atoms with Gasteiger partial charge in [0.15, 0.2) is 17.5 Å². The third-order valence-electron chi connectivity index (χ3n) is 3.70. The number of methoxy groups -OCH3 is 1. The van der Waals surface area contributed by atoms with Crippen molar-refractivity contribution in [3.05, 3.63) is 48.0 Å². The molecule has 0 aliphatic rings. The highest BCUT2D eigenvalue weighted by Crippen LogP contribution is 2.30. The van der Waals surface area contributed by atoms with Crippen LogP contribution in [-0.4, -0.2) is 39.9 Å². The number of ether oxygens (including phenoxy) is 3. The van der Waals surface area contributed by atoms with Crippen LogP contribution in [0.25, 0.3) is 0 Å². The Morgan fingerprint density at radius 1 is 1.04 bits per heavy atom. The summed E-state index contributed by atoms with van der Waals surface area (Å²) in [6.45, 7) is 5.71. The highest BCUT2D eigenvalue weighted by Gasteiger charge is 2.07. The van der Waals surface area contributed by atoms with Gasteiger partial charge in [-0.25, -0.2) is 0 Å². The summed E-state index contributed by atoms with van der Waals surface area (Å²) >= 11 is 0. The maximum atomic E-state index is 5.78. The van der Waals surface area contributed by atoms with Crippen molar-refractivity contribution in [2.24, 2.45) is 4.99 Å². The van der Waals surface area contributed by atoms with E-state index in [9.17, 15) is 0 Å². The number of guanidine groups is 1. The quantitative estimate of drug-likeness (QED) is 0.255. The van der Waals surface area contributed by atoms with E-state index in [1.165, 1.54) is 0 Å². The van der Waals surface area contributed by atoms with Crippen LogP contribution in [0.15, 0.2) is 47.5 Å². The summed E-state index contributed by atoms with van der Waals surface area (Å²) in [6.07, 6.45) is 0. The molecule has 0 saturated heterocycles. The monoisotopic (exact) mass is 485 g/mol. The van der Waals surface area contributed by atoms with Gasteiger partial charge < -0.3 is 24.8 Å². The predicted octanol–water partition coefficient (Wildman–Crippen LogP) is 4.09. The van der Waals surface area contributed by atoms with Gasteiger partial charge in [0.2, 0.25) is 0 Å². The predicted molar refractivity (Wildman–Crippen MR) is 121 cm³/mol. The van der Waals surface area contributed by atoms with E-state index < -0.39 is 0 Å². The first kappa shape index (κ1) is 22.9. The molecule has 148 valence electrons. The third-order valence-corrected chi connectivity index (χ3v) is 3.70. The van der Waals surface area contributed by atoms with E-state index in [-0.39, 0.29) is 24.0 Å². The van der Waals surface area contributed by atoms with Crippen LogP contribution in [0.5, 0.6) is 17.2 Å². The summed E-state index contributed by atoms with van der Waals surface area (Å²) < 4.78 is 16.7. The summed E-state index contributed by atoms with van der Waals surface area (Å²) in [6, 6.07) is 13.6. The zero-order valence-corrected chi connectivity index (χ0v) is 18.6. The minimum atomic E-state index is 0. The highest BCUT2D eigenvalue weighted by atomic mass is 127. The molecule has 7 heteroatoms. The van der Waals surface area contributed by atoms with Crippen LogP contribution in [-0.2, 0) is 0 Å². The second-order valence-electron chi connectivity index (χ2n) is 5.54. The first-order valence-electron chi connectivity index (χ1n) is 8.64. The van der Waals surface area contributed by atoms with Crippen LogP contribution in [0.1, 0.15) is 12.5 Å². The fraction of sp³-hybridized carbons (Fsp3) is 0.350. The molecule has 0 amide bonds. The highest BCUT2D eigenvalue weighted by molar-refractivity contribution is 14.0. The molecule has 2 aromatic carbocycles. The second-order valence-corrected chi connectivity index (χ2v) is 5.54. The van der Waals surface area contributed by atoms with Gasteiger partial charge in [0, 0.05) is 18.8 Å². The minimum Gasteiger partial charge on any atom is -0.493 e. The Balaban J connectivity index is 0.00000364. The molecular weight excluding hydrogens is 457 g/mol. The van der Waals surface area contributed by atoms with E-state index in [0.717, 1.165) is 17.0 Å². The second kappa shape index (κ2) is 12.3. The zero-order valence-electron chi connectivity index (χ0n) is 16.2.